The number of nitrogen functional groups attached to an aromatic ring is 1. The van der Waals surface area contributed by atoms with Gasteiger partial charge in [-0.15, -0.1) is 0 Å². The quantitative estimate of drug-likeness (QED) is 0.672. The van der Waals surface area contributed by atoms with Crippen molar-refractivity contribution in [3.8, 4) is 11.5 Å². The molecule has 0 aliphatic carbocycles. The number of benzene rings is 2. The fourth-order valence-corrected chi connectivity index (χ4v) is 1.80. The first-order valence-corrected chi connectivity index (χ1v) is 5.99. The molecule has 0 saturated heterocycles. The third-order valence-corrected chi connectivity index (χ3v) is 2.86. The van der Waals surface area contributed by atoms with Crippen LogP contribution in [0.15, 0.2) is 42.5 Å². The van der Waals surface area contributed by atoms with E-state index in [1.54, 1.807) is 20.3 Å². The molecule has 0 heterocycles. The minimum absolute atomic E-state index is 0.607. The van der Waals surface area contributed by atoms with Gasteiger partial charge < -0.3 is 15.2 Å². The topological polar surface area (TPSA) is 44.5 Å². The van der Waals surface area contributed by atoms with Gasteiger partial charge >= 0.3 is 0 Å². The molecule has 0 aliphatic heterocycles. The van der Waals surface area contributed by atoms with Gasteiger partial charge in [0.2, 0.25) is 0 Å². The Kier molecular flexibility index (Phi) is 4.08. The summed E-state index contributed by atoms with van der Waals surface area (Å²) in [5.41, 5.74) is 8.65. The molecule has 98 valence electrons. The molecule has 0 spiro atoms. The number of ether oxygens (including phenoxy) is 2. The van der Waals surface area contributed by atoms with E-state index in [0.29, 0.717) is 11.4 Å². The Hall–Kier alpha value is -2.42. The maximum atomic E-state index is 6.05. The lowest BCUT2D eigenvalue weighted by Gasteiger charge is -2.10. The largest absolute Gasteiger partial charge is 0.497 e. The predicted octanol–water partition coefficient (Wildman–Crippen LogP) is 3.46. The highest BCUT2D eigenvalue weighted by Gasteiger charge is 2.06. The Bertz CT molecular complexity index is 577. The van der Waals surface area contributed by atoms with Gasteiger partial charge in [0.15, 0.2) is 0 Å². The van der Waals surface area contributed by atoms with Crippen LogP contribution in [0, 0.1) is 0 Å². The van der Waals surface area contributed by atoms with Crippen molar-refractivity contribution in [1.29, 1.82) is 0 Å². The van der Waals surface area contributed by atoms with E-state index >= 15 is 0 Å². The Balaban J connectivity index is 2.36. The molecule has 3 nitrogen and oxygen atoms in total. The zero-order valence-electron chi connectivity index (χ0n) is 11.1. The summed E-state index contributed by atoms with van der Waals surface area (Å²) in [5, 5.41) is 0. The molecule has 0 aliphatic rings. The van der Waals surface area contributed by atoms with Crippen LogP contribution in [-0.2, 0) is 0 Å². The number of hydrogen-bond donors (Lipinski definition) is 1. The molecule has 2 aromatic carbocycles. The minimum Gasteiger partial charge on any atom is -0.497 e. The van der Waals surface area contributed by atoms with Gasteiger partial charge in [-0.2, -0.15) is 0 Å². The third kappa shape index (κ3) is 3.07. The molecule has 2 rings (SSSR count). The van der Waals surface area contributed by atoms with E-state index in [0.717, 1.165) is 16.9 Å². The molecule has 2 N–H and O–H groups in total. The van der Waals surface area contributed by atoms with E-state index in [1.165, 1.54) is 0 Å². The van der Waals surface area contributed by atoms with Crippen LogP contribution in [0.25, 0.3) is 12.2 Å². The Labute approximate surface area is 113 Å². The molecule has 0 bridgehead atoms. The summed E-state index contributed by atoms with van der Waals surface area (Å²) in [6.07, 6.45) is 3.96. The molecule has 19 heavy (non-hydrogen) atoms. The molecule has 0 aromatic heterocycles. The van der Waals surface area contributed by atoms with Crippen LogP contribution in [0.4, 0.5) is 5.69 Å². The maximum Gasteiger partial charge on any atom is 0.146 e. The van der Waals surface area contributed by atoms with Crippen molar-refractivity contribution in [3.63, 3.8) is 0 Å². The van der Waals surface area contributed by atoms with Crippen LogP contribution in [0.5, 0.6) is 11.5 Å². The van der Waals surface area contributed by atoms with Crippen LogP contribution in [0.2, 0.25) is 0 Å². The van der Waals surface area contributed by atoms with Gasteiger partial charge in [0.1, 0.15) is 11.5 Å². The molecular weight excluding hydrogens is 238 g/mol. The molecule has 0 unspecified atom stereocenters. The molecule has 0 saturated carbocycles. The highest BCUT2D eigenvalue weighted by atomic mass is 16.5. The Morgan fingerprint density at radius 1 is 0.947 bits per heavy atom. The normalized spacial score (nSPS) is 10.6. The number of anilines is 1. The first-order valence-electron chi connectivity index (χ1n) is 5.99. The van der Waals surface area contributed by atoms with Crippen LogP contribution in [0.1, 0.15) is 11.1 Å². The van der Waals surface area contributed by atoms with E-state index < -0.39 is 0 Å². The van der Waals surface area contributed by atoms with Crippen LogP contribution in [-0.4, -0.2) is 14.2 Å². The van der Waals surface area contributed by atoms with Crippen LogP contribution < -0.4 is 15.2 Å². The smallest absolute Gasteiger partial charge is 0.146 e. The zero-order chi connectivity index (χ0) is 13.7. The van der Waals surface area contributed by atoms with Gasteiger partial charge in [0.05, 0.1) is 19.9 Å². The average molecular weight is 255 g/mol. The summed E-state index contributed by atoms with van der Waals surface area (Å²) >= 11 is 0. The lowest BCUT2D eigenvalue weighted by atomic mass is 10.1. The molecule has 3 heteroatoms. The fraction of sp³-hybridized carbons (Fsp3) is 0.125. The van der Waals surface area contributed by atoms with Crippen molar-refractivity contribution in [1.82, 2.24) is 0 Å². The Morgan fingerprint density at radius 3 is 2.32 bits per heavy atom. The first-order chi connectivity index (χ1) is 9.24. The third-order valence-electron chi connectivity index (χ3n) is 2.86. The van der Waals surface area contributed by atoms with Crippen molar-refractivity contribution in [2.75, 3.05) is 20.0 Å². The van der Waals surface area contributed by atoms with Crippen LogP contribution >= 0.6 is 0 Å². The molecule has 0 amide bonds. The van der Waals surface area contributed by atoms with Gasteiger partial charge in [-0.05, 0) is 11.6 Å². The second-order valence-electron chi connectivity index (χ2n) is 4.08. The SMILES string of the molecule is COc1cc(C=Cc2ccccc2)c(N)c(OC)c1. The minimum atomic E-state index is 0.607. The standard InChI is InChI=1S/C16H17NO2/c1-18-14-10-13(16(17)15(11-14)19-2)9-8-12-6-4-3-5-7-12/h3-11H,17H2,1-2H3. The molecule has 0 atom stereocenters. The van der Waals surface area contributed by atoms with Crippen molar-refractivity contribution < 1.29 is 9.47 Å². The van der Waals surface area contributed by atoms with Crippen LogP contribution in [0.3, 0.4) is 0 Å². The van der Waals surface area contributed by atoms with E-state index in [9.17, 15) is 0 Å². The molecule has 2 aromatic rings. The van der Waals surface area contributed by atoms with Gasteiger partial charge in [-0.3, -0.25) is 0 Å². The number of methoxy groups -OCH3 is 2. The second kappa shape index (κ2) is 5.96. The summed E-state index contributed by atoms with van der Waals surface area (Å²) in [5.74, 6) is 1.34. The fourth-order valence-electron chi connectivity index (χ4n) is 1.80. The molecule has 0 fully saturated rings. The lowest BCUT2D eigenvalue weighted by molar-refractivity contribution is 0.395. The lowest BCUT2D eigenvalue weighted by Crippen LogP contribution is -1.96. The average Bonchev–Trinajstić information content (AvgIpc) is 2.47. The van der Waals surface area contributed by atoms with Gasteiger partial charge in [-0.25, -0.2) is 0 Å². The van der Waals surface area contributed by atoms with Crippen molar-refractivity contribution in [2.24, 2.45) is 0 Å². The summed E-state index contributed by atoms with van der Waals surface area (Å²) in [7, 11) is 3.21. The second-order valence-corrected chi connectivity index (χ2v) is 4.08. The van der Waals surface area contributed by atoms with E-state index in [-0.39, 0.29) is 0 Å². The monoisotopic (exact) mass is 255 g/mol. The van der Waals surface area contributed by atoms with Crippen molar-refractivity contribution in [3.05, 3.63) is 53.6 Å². The van der Waals surface area contributed by atoms with Gasteiger partial charge in [-0.1, -0.05) is 42.5 Å². The van der Waals surface area contributed by atoms with Gasteiger partial charge in [0.25, 0.3) is 0 Å². The molecular formula is C16H17NO2. The number of hydrogen-bond acceptors (Lipinski definition) is 3. The van der Waals surface area contributed by atoms with E-state index in [2.05, 4.69) is 0 Å². The number of nitrogens with two attached hydrogens (primary N) is 1. The number of rotatable bonds is 4. The summed E-state index contributed by atoms with van der Waals surface area (Å²) in [6.45, 7) is 0. The van der Waals surface area contributed by atoms with E-state index in [1.807, 2.05) is 48.6 Å². The van der Waals surface area contributed by atoms with Crippen molar-refractivity contribution in [2.45, 2.75) is 0 Å². The van der Waals surface area contributed by atoms with Gasteiger partial charge in [0, 0.05) is 11.6 Å². The maximum absolute atomic E-state index is 6.05. The molecule has 0 radical (unpaired) electrons. The summed E-state index contributed by atoms with van der Waals surface area (Å²) in [4.78, 5) is 0. The highest BCUT2D eigenvalue weighted by Crippen LogP contribution is 2.32. The zero-order valence-corrected chi connectivity index (χ0v) is 11.1. The first kappa shape index (κ1) is 13.0. The van der Waals surface area contributed by atoms with Crippen molar-refractivity contribution >= 4 is 17.8 Å². The summed E-state index contributed by atoms with van der Waals surface area (Å²) in [6, 6.07) is 13.7. The van der Waals surface area contributed by atoms with E-state index in [4.69, 9.17) is 15.2 Å². The Morgan fingerprint density at radius 2 is 1.68 bits per heavy atom. The summed E-state index contributed by atoms with van der Waals surface area (Å²) < 4.78 is 10.5. The highest BCUT2D eigenvalue weighted by molar-refractivity contribution is 5.79. The predicted molar refractivity (Wildman–Crippen MR) is 79.3 cm³/mol.